The van der Waals surface area contributed by atoms with Crippen molar-refractivity contribution in [3.8, 4) is 0 Å². The third-order valence-electron chi connectivity index (χ3n) is 1.98. The van der Waals surface area contributed by atoms with Crippen LogP contribution in [0.4, 0.5) is 0 Å². The zero-order chi connectivity index (χ0) is 11.3. The normalized spacial score (nSPS) is 10.2. The van der Waals surface area contributed by atoms with E-state index in [9.17, 15) is 9.59 Å². The number of rotatable bonds is 5. The molecule has 5 nitrogen and oxygen atoms in total. The highest BCUT2D eigenvalue weighted by atomic mass is 16.5. The molecule has 0 atom stereocenters. The lowest BCUT2D eigenvalue weighted by Crippen LogP contribution is -2.20. The number of aryl methyl sites for hydroxylation is 1. The van der Waals surface area contributed by atoms with E-state index >= 15 is 0 Å². The smallest absolute Gasteiger partial charge is 0.337 e. The highest BCUT2D eigenvalue weighted by Crippen LogP contribution is 1.96. The Morgan fingerprint density at radius 2 is 2.27 bits per heavy atom. The fourth-order valence-electron chi connectivity index (χ4n) is 1.21. The second kappa shape index (κ2) is 5.31. The summed E-state index contributed by atoms with van der Waals surface area (Å²) in [4.78, 5) is 22.0. The number of pyridine rings is 1. The van der Waals surface area contributed by atoms with E-state index in [0.717, 1.165) is 0 Å². The Morgan fingerprint density at radius 3 is 2.87 bits per heavy atom. The average molecular weight is 211 g/mol. The number of hydrogen-bond acceptors (Lipinski definition) is 3. The molecule has 82 valence electrons. The quantitative estimate of drug-likeness (QED) is 0.723. The van der Waals surface area contributed by atoms with Crippen LogP contribution in [0.1, 0.15) is 16.8 Å². The third kappa shape index (κ3) is 3.21. The molecule has 5 heteroatoms. The van der Waals surface area contributed by atoms with Gasteiger partial charge in [0.15, 0.2) is 0 Å². The van der Waals surface area contributed by atoms with Crippen molar-refractivity contribution in [2.75, 3.05) is 13.7 Å². The number of carbonyl (C=O) groups is 1. The van der Waals surface area contributed by atoms with Crippen LogP contribution in [0.2, 0.25) is 0 Å². The van der Waals surface area contributed by atoms with E-state index in [0.29, 0.717) is 19.6 Å². The van der Waals surface area contributed by atoms with Crippen molar-refractivity contribution in [1.82, 2.24) is 4.57 Å². The molecule has 1 aromatic heterocycles. The van der Waals surface area contributed by atoms with Crippen LogP contribution in [-0.4, -0.2) is 29.4 Å². The molecular formula is C10H13NO4. The number of hydrogen-bond donors (Lipinski definition) is 1. The van der Waals surface area contributed by atoms with Gasteiger partial charge in [-0.05, 0) is 12.5 Å². The lowest BCUT2D eigenvalue weighted by Gasteiger charge is -2.05. The first kappa shape index (κ1) is 11.5. The molecule has 0 saturated carbocycles. The number of aromatic carboxylic acids is 1. The molecule has 1 heterocycles. The predicted octanol–water partition coefficient (Wildman–Crippen LogP) is 0.583. The standard InChI is InChI=1S/C10H13NO4/c1-15-6-2-5-11-7-8(10(13)14)3-4-9(11)12/h3-4,7H,2,5-6H2,1H3,(H,13,14). The van der Waals surface area contributed by atoms with E-state index in [1.165, 1.54) is 22.9 Å². The average Bonchev–Trinajstić information content (AvgIpc) is 2.20. The molecular weight excluding hydrogens is 198 g/mol. The van der Waals surface area contributed by atoms with Crippen LogP contribution >= 0.6 is 0 Å². The van der Waals surface area contributed by atoms with Crippen LogP contribution in [-0.2, 0) is 11.3 Å². The second-order valence-electron chi connectivity index (χ2n) is 3.10. The van der Waals surface area contributed by atoms with Gasteiger partial charge >= 0.3 is 5.97 Å². The van der Waals surface area contributed by atoms with Gasteiger partial charge in [0.1, 0.15) is 0 Å². The van der Waals surface area contributed by atoms with Gasteiger partial charge in [0, 0.05) is 32.5 Å². The molecule has 0 unspecified atom stereocenters. The van der Waals surface area contributed by atoms with Crippen LogP contribution in [0, 0.1) is 0 Å². The van der Waals surface area contributed by atoms with Gasteiger partial charge in [0.25, 0.3) is 5.56 Å². The highest BCUT2D eigenvalue weighted by molar-refractivity contribution is 5.87. The molecule has 0 fully saturated rings. The minimum atomic E-state index is -1.03. The fraction of sp³-hybridized carbons (Fsp3) is 0.400. The summed E-state index contributed by atoms with van der Waals surface area (Å²) in [6.45, 7) is 1.01. The summed E-state index contributed by atoms with van der Waals surface area (Å²) in [5.74, 6) is -1.03. The highest BCUT2D eigenvalue weighted by Gasteiger charge is 2.04. The molecule has 0 aromatic carbocycles. The molecule has 0 amide bonds. The molecule has 0 radical (unpaired) electrons. The van der Waals surface area contributed by atoms with Gasteiger partial charge in [-0.2, -0.15) is 0 Å². The minimum absolute atomic E-state index is 0.118. The number of aromatic nitrogens is 1. The Balaban J connectivity index is 2.81. The summed E-state index contributed by atoms with van der Waals surface area (Å²) < 4.78 is 6.23. The lowest BCUT2D eigenvalue weighted by molar-refractivity contribution is 0.0695. The van der Waals surface area contributed by atoms with Crippen LogP contribution in [0.3, 0.4) is 0 Å². The van der Waals surface area contributed by atoms with Gasteiger partial charge in [-0.3, -0.25) is 4.79 Å². The molecule has 1 aromatic rings. The fourth-order valence-corrected chi connectivity index (χ4v) is 1.21. The Labute approximate surface area is 86.9 Å². The summed E-state index contributed by atoms with van der Waals surface area (Å²) in [6.07, 6.45) is 2.03. The molecule has 0 saturated heterocycles. The van der Waals surface area contributed by atoms with E-state index < -0.39 is 5.97 Å². The van der Waals surface area contributed by atoms with Crippen LogP contribution < -0.4 is 5.56 Å². The van der Waals surface area contributed by atoms with Crippen LogP contribution in [0.25, 0.3) is 0 Å². The van der Waals surface area contributed by atoms with Crippen molar-refractivity contribution < 1.29 is 14.6 Å². The summed E-state index contributed by atoms with van der Waals surface area (Å²) >= 11 is 0. The topological polar surface area (TPSA) is 68.5 Å². The molecule has 0 aliphatic carbocycles. The molecule has 1 N–H and O–H groups in total. The number of ether oxygens (including phenoxy) is 1. The van der Waals surface area contributed by atoms with Crippen molar-refractivity contribution >= 4 is 5.97 Å². The second-order valence-corrected chi connectivity index (χ2v) is 3.10. The summed E-state index contributed by atoms with van der Waals surface area (Å²) in [6, 6.07) is 2.56. The van der Waals surface area contributed by atoms with Gasteiger partial charge in [0.2, 0.25) is 0 Å². The first-order valence-corrected chi connectivity index (χ1v) is 4.58. The number of carboxylic acids is 1. The summed E-state index contributed by atoms with van der Waals surface area (Å²) in [5.41, 5.74) is -0.0804. The van der Waals surface area contributed by atoms with E-state index in [-0.39, 0.29) is 11.1 Å². The van der Waals surface area contributed by atoms with Crippen LogP contribution in [0.15, 0.2) is 23.1 Å². The van der Waals surface area contributed by atoms with Crippen molar-refractivity contribution in [3.05, 3.63) is 34.2 Å². The van der Waals surface area contributed by atoms with Crippen molar-refractivity contribution in [2.24, 2.45) is 0 Å². The molecule has 0 bridgehead atoms. The number of nitrogens with zero attached hydrogens (tertiary/aromatic N) is 1. The summed E-state index contributed by atoms with van der Waals surface area (Å²) in [5, 5.41) is 8.73. The van der Waals surface area contributed by atoms with Gasteiger partial charge < -0.3 is 14.4 Å². The molecule has 0 aliphatic heterocycles. The molecule has 0 spiro atoms. The number of carboxylic acid groups (broad SMARTS) is 1. The monoisotopic (exact) mass is 211 g/mol. The Bertz CT molecular complexity index is 397. The summed E-state index contributed by atoms with van der Waals surface area (Å²) in [7, 11) is 1.58. The van der Waals surface area contributed by atoms with Crippen molar-refractivity contribution in [2.45, 2.75) is 13.0 Å². The van der Waals surface area contributed by atoms with Crippen molar-refractivity contribution in [3.63, 3.8) is 0 Å². The first-order chi connectivity index (χ1) is 7.15. The number of methoxy groups -OCH3 is 1. The van der Waals surface area contributed by atoms with Gasteiger partial charge in [-0.1, -0.05) is 0 Å². The van der Waals surface area contributed by atoms with Gasteiger partial charge in [0.05, 0.1) is 5.56 Å². The van der Waals surface area contributed by atoms with Crippen LogP contribution in [0.5, 0.6) is 0 Å². The van der Waals surface area contributed by atoms with Gasteiger partial charge in [-0.25, -0.2) is 4.79 Å². The largest absolute Gasteiger partial charge is 0.478 e. The Hall–Kier alpha value is -1.62. The predicted molar refractivity (Wildman–Crippen MR) is 54.2 cm³/mol. The van der Waals surface area contributed by atoms with E-state index in [2.05, 4.69) is 0 Å². The molecule has 1 rings (SSSR count). The third-order valence-corrected chi connectivity index (χ3v) is 1.98. The zero-order valence-corrected chi connectivity index (χ0v) is 8.47. The van der Waals surface area contributed by atoms with E-state index in [1.54, 1.807) is 7.11 Å². The maximum absolute atomic E-state index is 11.3. The first-order valence-electron chi connectivity index (χ1n) is 4.58. The Kier molecular flexibility index (Phi) is 4.05. The zero-order valence-electron chi connectivity index (χ0n) is 8.47. The molecule has 0 aliphatic rings. The Morgan fingerprint density at radius 1 is 1.53 bits per heavy atom. The maximum Gasteiger partial charge on any atom is 0.337 e. The van der Waals surface area contributed by atoms with Crippen molar-refractivity contribution in [1.29, 1.82) is 0 Å². The maximum atomic E-state index is 11.3. The van der Waals surface area contributed by atoms with Gasteiger partial charge in [-0.15, -0.1) is 0 Å². The molecule has 15 heavy (non-hydrogen) atoms. The SMILES string of the molecule is COCCCn1cc(C(=O)O)ccc1=O. The van der Waals surface area contributed by atoms with E-state index in [4.69, 9.17) is 9.84 Å². The lowest BCUT2D eigenvalue weighted by atomic mass is 10.3. The minimum Gasteiger partial charge on any atom is -0.478 e. The van der Waals surface area contributed by atoms with E-state index in [1.807, 2.05) is 0 Å².